The van der Waals surface area contributed by atoms with Crippen LogP contribution in [0.2, 0.25) is 0 Å². The van der Waals surface area contributed by atoms with Crippen LogP contribution < -0.4 is 4.74 Å². The van der Waals surface area contributed by atoms with Crippen LogP contribution in [0.3, 0.4) is 0 Å². The Balaban J connectivity index is 2.34. The van der Waals surface area contributed by atoms with E-state index in [1.54, 1.807) is 19.5 Å². The number of aromatic nitrogens is 1. The molecular weight excluding hydrogens is 202 g/mol. The highest BCUT2D eigenvalue weighted by molar-refractivity contribution is 5.29. The van der Waals surface area contributed by atoms with Crippen LogP contribution in [-0.2, 0) is 5.60 Å². The van der Waals surface area contributed by atoms with Crippen LogP contribution in [0, 0.1) is 5.92 Å². The summed E-state index contributed by atoms with van der Waals surface area (Å²) in [5, 5.41) is 10.7. The SMILES string of the molecule is CCC1CCCC1(O)c1cncc(OC)c1. The van der Waals surface area contributed by atoms with E-state index in [-0.39, 0.29) is 0 Å². The van der Waals surface area contributed by atoms with E-state index < -0.39 is 5.60 Å². The van der Waals surface area contributed by atoms with Gasteiger partial charge in [-0.25, -0.2) is 0 Å². The summed E-state index contributed by atoms with van der Waals surface area (Å²) in [5.74, 6) is 1.06. The average molecular weight is 221 g/mol. The summed E-state index contributed by atoms with van der Waals surface area (Å²) >= 11 is 0. The Morgan fingerprint density at radius 3 is 3.06 bits per heavy atom. The van der Waals surface area contributed by atoms with E-state index in [4.69, 9.17) is 4.74 Å². The number of hydrogen-bond donors (Lipinski definition) is 1. The number of pyridine rings is 1. The molecule has 0 saturated heterocycles. The van der Waals surface area contributed by atoms with Crippen molar-refractivity contribution in [2.75, 3.05) is 7.11 Å². The maximum absolute atomic E-state index is 10.7. The fraction of sp³-hybridized carbons (Fsp3) is 0.615. The maximum atomic E-state index is 10.7. The average Bonchev–Trinajstić information content (AvgIpc) is 2.72. The molecule has 0 amide bonds. The molecule has 3 nitrogen and oxygen atoms in total. The van der Waals surface area contributed by atoms with Crippen LogP contribution in [-0.4, -0.2) is 17.2 Å². The summed E-state index contributed by atoms with van der Waals surface area (Å²) in [5.41, 5.74) is 0.201. The van der Waals surface area contributed by atoms with Gasteiger partial charge in [-0.05, 0) is 31.2 Å². The van der Waals surface area contributed by atoms with Crippen molar-refractivity contribution in [3.8, 4) is 5.75 Å². The Morgan fingerprint density at radius 2 is 2.38 bits per heavy atom. The maximum Gasteiger partial charge on any atom is 0.137 e. The zero-order chi connectivity index (χ0) is 11.6. The van der Waals surface area contributed by atoms with Crippen LogP contribution in [0.5, 0.6) is 5.75 Å². The fourth-order valence-electron chi connectivity index (χ4n) is 2.75. The Morgan fingerprint density at radius 1 is 1.56 bits per heavy atom. The number of aliphatic hydroxyl groups is 1. The zero-order valence-electron chi connectivity index (χ0n) is 9.94. The molecule has 1 fully saturated rings. The zero-order valence-corrected chi connectivity index (χ0v) is 9.94. The first-order valence-electron chi connectivity index (χ1n) is 5.92. The van der Waals surface area contributed by atoms with Gasteiger partial charge in [0.1, 0.15) is 5.75 Å². The third-order valence-corrected chi connectivity index (χ3v) is 3.73. The van der Waals surface area contributed by atoms with Gasteiger partial charge in [-0.1, -0.05) is 13.3 Å². The first-order valence-corrected chi connectivity index (χ1v) is 5.92. The smallest absolute Gasteiger partial charge is 0.137 e. The molecule has 1 aliphatic rings. The molecule has 0 spiro atoms. The van der Waals surface area contributed by atoms with E-state index in [2.05, 4.69) is 11.9 Å². The molecule has 1 N–H and O–H groups in total. The summed E-state index contributed by atoms with van der Waals surface area (Å²) in [4.78, 5) is 4.13. The van der Waals surface area contributed by atoms with E-state index in [0.29, 0.717) is 11.7 Å². The summed E-state index contributed by atoms with van der Waals surface area (Å²) in [7, 11) is 1.62. The Kier molecular flexibility index (Phi) is 3.15. The molecule has 0 aromatic carbocycles. The van der Waals surface area contributed by atoms with Crippen molar-refractivity contribution < 1.29 is 9.84 Å². The molecule has 2 rings (SSSR count). The Labute approximate surface area is 96.5 Å². The highest BCUT2D eigenvalue weighted by Gasteiger charge is 2.41. The number of rotatable bonds is 3. The van der Waals surface area contributed by atoms with E-state index in [1.165, 1.54) is 0 Å². The molecule has 2 atom stereocenters. The molecule has 1 aromatic rings. The lowest BCUT2D eigenvalue weighted by Gasteiger charge is -2.29. The van der Waals surface area contributed by atoms with Gasteiger partial charge in [-0.15, -0.1) is 0 Å². The van der Waals surface area contributed by atoms with E-state index in [9.17, 15) is 5.11 Å². The van der Waals surface area contributed by atoms with Gasteiger partial charge in [0.2, 0.25) is 0 Å². The molecule has 0 aliphatic heterocycles. The van der Waals surface area contributed by atoms with E-state index in [0.717, 1.165) is 31.2 Å². The second-order valence-corrected chi connectivity index (χ2v) is 4.54. The van der Waals surface area contributed by atoms with E-state index in [1.807, 2.05) is 6.07 Å². The molecule has 1 saturated carbocycles. The molecule has 16 heavy (non-hydrogen) atoms. The minimum Gasteiger partial charge on any atom is -0.495 e. The number of methoxy groups -OCH3 is 1. The monoisotopic (exact) mass is 221 g/mol. The summed E-state index contributed by atoms with van der Waals surface area (Å²) < 4.78 is 5.15. The van der Waals surface area contributed by atoms with Crippen molar-refractivity contribution in [3.05, 3.63) is 24.0 Å². The molecule has 2 unspecified atom stereocenters. The predicted molar refractivity (Wildman–Crippen MR) is 62.3 cm³/mol. The predicted octanol–water partition coefficient (Wildman–Crippen LogP) is 2.49. The van der Waals surface area contributed by atoms with Gasteiger partial charge in [0.15, 0.2) is 0 Å². The standard InChI is InChI=1S/C13H19NO2/c1-3-10-5-4-6-13(10,15)11-7-12(16-2)9-14-8-11/h7-10,15H,3-6H2,1-2H3. The summed E-state index contributed by atoms with van der Waals surface area (Å²) in [6.45, 7) is 2.13. The van der Waals surface area contributed by atoms with Gasteiger partial charge in [0, 0.05) is 11.8 Å². The lowest BCUT2D eigenvalue weighted by atomic mass is 9.83. The van der Waals surface area contributed by atoms with Gasteiger partial charge in [0.05, 0.1) is 18.9 Å². The van der Waals surface area contributed by atoms with Crippen molar-refractivity contribution in [1.29, 1.82) is 0 Å². The second-order valence-electron chi connectivity index (χ2n) is 4.54. The van der Waals surface area contributed by atoms with Gasteiger partial charge in [-0.3, -0.25) is 4.98 Å². The lowest BCUT2D eigenvalue weighted by Crippen LogP contribution is -2.29. The number of ether oxygens (including phenoxy) is 1. The van der Waals surface area contributed by atoms with Crippen LogP contribution in [0.4, 0.5) is 0 Å². The summed E-state index contributed by atoms with van der Waals surface area (Å²) in [6, 6.07) is 1.90. The topological polar surface area (TPSA) is 42.4 Å². The lowest BCUT2D eigenvalue weighted by molar-refractivity contribution is -0.00435. The van der Waals surface area contributed by atoms with Crippen LogP contribution in [0.15, 0.2) is 18.5 Å². The van der Waals surface area contributed by atoms with Crippen molar-refractivity contribution in [3.63, 3.8) is 0 Å². The van der Waals surface area contributed by atoms with Gasteiger partial charge < -0.3 is 9.84 Å². The van der Waals surface area contributed by atoms with Gasteiger partial charge >= 0.3 is 0 Å². The number of nitrogens with zero attached hydrogens (tertiary/aromatic N) is 1. The molecule has 1 aromatic heterocycles. The third kappa shape index (κ3) is 1.80. The van der Waals surface area contributed by atoms with E-state index >= 15 is 0 Å². The Hall–Kier alpha value is -1.09. The van der Waals surface area contributed by atoms with Crippen LogP contribution >= 0.6 is 0 Å². The summed E-state index contributed by atoms with van der Waals surface area (Å²) in [6.07, 6.45) is 7.46. The molecule has 3 heteroatoms. The van der Waals surface area contributed by atoms with Gasteiger partial charge in [-0.2, -0.15) is 0 Å². The molecule has 0 radical (unpaired) electrons. The van der Waals surface area contributed by atoms with Crippen molar-refractivity contribution in [1.82, 2.24) is 4.98 Å². The van der Waals surface area contributed by atoms with Crippen molar-refractivity contribution >= 4 is 0 Å². The van der Waals surface area contributed by atoms with Crippen molar-refractivity contribution in [2.24, 2.45) is 5.92 Å². The minimum absolute atomic E-state index is 0.349. The highest BCUT2D eigenvalue weighted by Crippen LogP contribution is 2.45. The number of hydrogen-bond acceptors (Lipinski definition) is 3. The molecule has 1 aliphatic carbocycles. The third-order valence-electron chi connectivity index (χ3n) is 3.73. The van der Waals surface area contributed by atoms with Crippen LogP contribution in [0.25, 0.3) is 0 Å². The minimum atomic E-state index is -0.698. The van der Waals surface area contributed by atoms with Gasteiger partial charge in [0.25, 0.3) is 0 Å². The molecular formula is C13H19NO2. The molecule has 0 bridgehead atoms. The van der Waals surface area contributed by atoms with Crippen molar-refractivity contribution in [2.45, 2.75) is 38.2 Å². The molecule has 88 valence electrons. The van der Waals surface area contributed by atoms with Crippen LogP contribution in [0.1, 0.15) is 38.2 Å². The molecule has 1 heterocycles. The highest BCUT2D eigenvalue weighted by atomic mass is 16.5. The fourth-order valence-corrected chi connectivity index (χ4v) is 2.75. The largest absolute Gasteiger partial charge is 0.495 e. The first-order chi connectivity index (χ1) is 7.70. The normalized spacial score (nSPS) is 29.3. The quantitative estimate of drug-likeness (QED) is 0.852. The Bertz CT molecular complexity index is 367. The second kappa shape index (κ2) is 4.42. The first kappa shape index (κ1) is 11.4.